The van der Waals surface area contributed by atoms with Gasteiger partial charge >= 0.3 is 0 Å². The summed E-state index contributed by atoms with van der Waals surface area (Å²) in [5, 5.41) is 16.8. The Bertz CT molecular complexity index is 873. The number of rotatable bonds is 5. The highest BCUT2D eigenvalue weighted by atomic mass is 19.1. The van der Waals surface area contributed by atoms with Crippen LogP contribution in [0.4, 0.5) is 4.39 Å². The maximum absolute atomic E-state index is 14.0. The van der Waals surface area contributed by atoms with Gasteiger partial charge in [0.2, 0.25) is 5.91 Å². The summed E-state index contributed by atoms with van der Waals surface area (Å²) in [5.74, 6) is -0.777. The van der Waals surface area contributed by atoms with E-state index >= 15 is 0 Å². The second-order valence-electron chi connectivity index (χ2n) is 6.17. The lowest BCUT2D eigenvalue weighted by molar-refractivity contribution is -0.134. The third-order valence-electron chi connectivity index (χ3n) is 4.04. The molecule has 1 saturated heterocycles. The third-order valence-corrected chi connectivity index (χ3v) is 4.04. The zero-order valence-electron chi connectivity index (χ0n) is 15.3. The number of H-pyrrole nitrogens is 1. The minimum Gasteiger partial charge on any atom is -0.483 e. The van der Waals surface area contributed by atoms with Gasteiger partial charge in [0, 0.05) is 32.0 Å². The van der Waals surface area contributed by atoms with Crippen LogP contribution in [0.3, 0.4) is 0 Å². The summed E-state index contributed by atoms with van der Waals surface area (Å²) in [5.41, 5.74) is -0.514. The van der Waals surface area contributed by atoms with Crippen LogP contribution in [0.15, 0.2) is 29.8 Å². The zero-order chi connectivity index (χ0) is 21.2. The fraction of sp³-hybridized carbons (Fsp3) is 0.438. The fourth-order valence-electron chi connectivity index (χ4n) is 2.82. The predicted molar refractivity (Wildman–Crippen MR) is 95.5 cm³/mol. The molecule has 13 heteroatoms. The first-order valence-electron chi connectivity index (χ1n) is 8.60. The Labute approximate surface area is 163 Å². The number of likely N-dealkylation sites (tertiary alicyclic amines) is 1. The highest BCUT2D eigenvalue weighted by Gasteiger charge is 2.31. The molecule has 1 fully saturated rings. The first kappa shape index (κ1) is 21.7. The molecule has 1 aliphatic rings. The molecule has 0 aliphatic carbocycles. The van der Waals surface area contributed by atoms with E-state index in [0.29, 0.717) is 6.54 Å². The molecule has 29 heavy (non-hydrogen) atoms. The molecule has 1 aliphatic heterocycles. The van der Waals surface area contributed by atoms with E-state index in [1.54, 1.807) is 4.57 Å². The number of amides is 2. The lowest BCUT2D eigenvalue weighted by atomic mass is 10.0. The topological polar surface area (TPSA) is 163 Å². The Balaban J connectivity index is 0.000000941. The number of alkyl halides is 1. The van der Waals surface area contributed by atoms with Gasteiger partial charge in [-0.15, -0.1) is 10.2 Å². The Morgan fingerprint density at radius 1 is 1.31 bits per heavy atom. The number of nitrogens with one attached hydrogen (secondary N) is 2. The number of hydrogen-bond donors (Lipinski definition) is 3. The van der Waals surface area contributed by atoms with Crippen LogP contribution in [0.2, 0.25) is 0 Å². The van der Waals surface area contributed by atoms with Crippen LogP contribution >= 0.6 is 0 Å². The predicted octanol–water partition coefficient (Wildman–Crippen LogP) is -1.18. The van der Waals surface area contributed by atoms with Gasteiger partial charge in [-0.3, -0.25) is 24.2 Å². The molecule has 2 atom stereocenters. The Kier molecular flexibility index (Phi) is 7.94. The van der Waals surface area contributed by atoms with Gasteiger partial charge in [0.25, 0.3) is 17.9 Å². The van der Waals surface area contributed by atoms with Crippen molar-refractivity contribution in [3.05, 3.63) is 41.1 Å². The molecule has 3 rings (SSSR count). The van der Waals surface area contributed by atoms with Crippen molar-refractivity contribution < 1.29 is 23.9 Å². The smallest absolute Gasteiger partial charge is 0.290 e. The molecule has 0 aromatic carbocycles. The van der Waals surface area contributed by atoms with Crippen molar-refractivity contribution in [1.29, 1.82) is 0 Å². The van der Waals surface area contributed by atoms with Crippen LogP contribution < -0.4 is 10.9 Å². The maximum atomic E-state index is 14.0. The number of nitrogens with zero attached hydrogens (tertiary/aromatic N) is 5. The summed E-state index contributed by atoms with van der Waals surface area (Å²) < 4.78 is 15.7. The minimum atomic E-state index is -1.24. The van der Waals surface area contributed by atoms with E-state index in [1.807, 2.05) is 0 Å². The lowest BCUT2D eigenvalue weighted by Crippen LogP contribution is -2.53. The summed E-state index contributed by atoms with van der Waals surface area (Å²) in [4.78, 5) is 51.5. The van der Waals surface area contributed by atoms with Crippen molar-refractivity contribution in [3.8, 4) is 0 Å². The summed E-state index contributed by atoms with van der Waals surface area (Å²) in [6, 6.07) is -0.547. The highest BCUT2D eigenvalue weighted by molar-refractivity contribution is 5.92. The van der Waals surface area contributed by atoms with Gasteiger partial charge in [0.05, 0.1) is 18.9 Å². The summed E-state index contributed by atoms with van der Waals surface area (Å²) in [6.45, 7) is 0.349. The summed E-state index contributed by atoms with van der Waals surface area (Å²) in [7, 11) is 0. The van der Waals surface area contributed by atoms with Gasteiger partial charge in [0.1, 0.15) is 24.5 Å². The van der Waals surface area contributed by atoms with Gasteiger partial charge in [-0.25, -0.2) is 4.39 Å². The van der Waals surface area contributed by atoms with Crippen molar-refractivity contribution in [2.75, 3.05) is 13.1 Å². The van der Waals surface area contributed by atoms with E-state index < -0.39 is 23.7 Å². The van der Waals surface area contributed by atoms with Crippen molar-refractivity contribution in [2.24, 2.45) is 0 Å². The van der Waals surface area contributed by atoms with Crippen molar-refractivity contribution in [2.45, 2.75) is 31.6 Å². The van der Waals surface area contributed by atoms with E-state index in [0.717, 1.165) is 6.20 Å². The summed E-state index contributed by atoms with van der Waals surface area (Å²) in [6.07, 6.45) is 4.31. The molecule has 0 unspecified atom stereocenters. The molecule has 0 radical (unpaired) electrons. The molecule has 0 bridgehead atoms. The van der Waals surface area contributed by atoms with Gasteiger partial charge in [-0.1, -0.05) is 0 Å². The average Bonchev–Trinajstić information content (AvgIpc) is 3.20. The highest BCUT2D eigenvalue weighted by Crippen LogP contribution is 2.15. The molecule has 0 spiro atoms. The van der Waals surface area contributed by atoms with Crippen LogP contribution in [0.5, 0.6) is 0 Å². The number of aryl methyl sites for hydroxylation is 1. The van der Waals surface area contributed by atoms with Gasteiger partial charge in [-0.05, 0) is 0 Å². The Morgan fingerprint density at radius 3 is 2.66 bits per heavy atom. The molecule has 2 aromatic rings. The Hall–Kier alpha value is -3.64. The van der Waals surface area contributed by atoms with E-state index in [-0.39, 0.29) is 44.0 Å². The second-order valence-corrected chi connectivity index (χ2v) is 6.17. The van der Waals surface area contributed by atoms with E-state index in [2.05, 4.69) is 25.5 Å². The number of hydrogen-bond acceptors (Lipinski definition) is 7. The number of carbonyl (C=O) groups excluding carboxylic acids is 2. The normalized spacial score (nSPS) is 18.3. The lowest BCUT2D eigenvalue weighted by Gasteiger charge is -2.35. The van der Waals surface area contributed by atoms with E-state index in [4.69, 9.17) is 9.90 Å². The van der Waals surface area contributed by atoms with Gasteiger partial charge < -0.3 is 24.9 Å². The Morgan fingerprint density at radius 2 is 2.00 bits per heavy atom. The van der Waals surface area contributed by atoms with Gasteiger partial charge in [0.15, 0.2) is 0 Å². The number of piperidine rings is 1. The first-order valence-corrected chi connectivity index (χ1v) is 8.60. The summed E-state index contributed by atoms with van der Waals surface area (Å²) >= 11 is 0. The van der Waals surface area contributed by atoms with Crippen LogP contribution in [0.25, 0.3) is 0 Å². The molecule has 2 amide bonds. The SMILES string of the molecule is O=C(N[C@H]1C[C@@H](F)CN(C(=O)CCn2cnnc2)C1)c1cncc(=O)[nH]1.O=CO. The van der Waals surface area contributed by atoms with Gasteiger partial charge in [-0.2, -0.15) is 0 Å². The van der Waals surface area contributed by atoms with Crippen LogP contribution in [-0.2, 0) is 16.1 Å². The molecule has 12 nitrogen and oxygen atoms in total. The first-order chi connectivity index (χ1) is 13.9. The monoisotopic (exact) mass is 409 g/mol. The van der Waals surface area contributed by atoms with E-state index in [1.165, 1.54) is 23.8 Å². The average molecular weight is 409 g/mol. The molecule has 156 valence electrons. The zero-order valence-corrected chi connectivity index (χ0v) is 15.3. The fourth-order valence-corrected chi connectivity index (χ4v) is 2.82. The molecular formula is C16H20FN7O5. The largest absolute Gasteiger partial charge is 0.483 e. The molecular weight excluding hydrogens is 389 g/mol. The minimum absolute atomic E-state index is 0.00287. The van der Waals surface area contributed by atoms with Crippen molar-refractivity contribution >= 4 is 18.3 Å². The number of carboxylic acid groups (broad SMARTS) is 1. The third kappa shape index (κ3) is 6.79. The van der Waals surface area contributed by atoms with Crippen molar-refractivity contribution in [3.63, 3.8) is 0 Å². The number of aromatic nitrogens is 5. The molecule has 2 aromatic heterocycles. The standard InChI is InChI=1S/C15H18FN7O3.CH2O2/c16-10-3-11(20-15(26)12-4-17-5-13(24)21-12)7-23(6-10)14(25)1-2-22-8-18-19-9-22;2-1-3/h4-5,8-11H,1-3,6-7H2,(H,20,26)(H,21,24);1H,(H,2,3)/t10-,11+;/m1./s1. The molecule has 0 saturated carbocycles. The van der Waals surface area contributed by atoms with E-state index in [9.17, 15) is 18.8 Å². The van der Waals surface area contributed by atoms with Crippen molar-refractivity contribution in [1.82, 2.24) is 34.9 Å². The number of halogens is 1. The maximum Gasteiger partial charge on any atom is 0.290 e. The number of aromatic amines is 1. The second kappa shape index (κ2) is 10.6. The van der Waals surface area contributed by atoms with Crippen LogP contribution in [0.1, 0.15) is 23.3 Å². The van der Waals surface area contributed by atoms with Crippen LogP contribution in [-0.4, -0.2) is 78.3 Å². The van der Waals surface area contributed by atoms with Crippen LogP contribution in [0, 0.1) is 0 Å². The quantitative estimate of drug-likeness (QED) is 0.520. The number of carbonyl (C=O) groups is 3. The molecule has 3 heterocycles. The molecule has 3 N–H and O–H groups in total.